The van der Waals surface area contributed by atoms with Crippen molar-refractivity contribution in [2.24, 2.45) is 0 Å². The van der Waals surface area contributed by atoms with E-state index in [9.17, 15) is 0 Å². The van der Waals surface area contributed by atoms with Crippen LogP contribution in [0.1, 0.15) is 0 Å². The molecule has 0 saturated heterocycles. The summed E-state index contributed by atoms with van der Waals surface area (Å²) in [5.41, 5.74) is 1.24. The van der Waals surface area contributed by atoms with Gasteiger partial charge in [0, 0.05) is 19.1 Å². The summed E-state index contributed by atoms with van der Waals surface area (Å²) >= 11 is 0. The van der Waals surface area contributed by atoms with Gasteiger partial charge in [-0.2, -0.15) is 0 Å². The Morgan fingerprint density at radius 2 is 2.00 bits per heavy atom. The summed E-state index contributed by atoms with van der Waals surface area (Å²) in [6.07, 6.45) is 3.58. The van der Waals surface area contributed by atoms with Gasteiger partial charge in [-0.15, -0.1) is 12.3 Å². The molecule has 0 aromatic carbocycles. The van der Waals surface area contributed by atoms with Crippen LogP contribution < -0.4 is 5.46 Å². The first kappa shape index (κ1) is 6.34. The molecule has 0 aliphatic rings. The molecule has 2 heteroatoms. The maximum absolute atomic E-state index is 3.90. The topological polar surface area (TPSA) is 12.9 Å². The largest absolute Gasteiger partial charge is 0.360 e. The molecule has 46 valence electrons. The molecule has 0 radical (unpaired) electrons. The molecule has 1 aromatic heterocycles. The van der Waals surface area contributed by atoms with Crippen molar-refractivity contribution in [3.8, 4) is 0 Å². The maximum atomic E-state index is 3.90. The van der Waals surface area contributed by atoms with Crippen LogP contribution in [0, 0.1) is 6.82 Å². The molecule has 0 saturated carbocycles. The van der Waals surface area contributed by atoms with E-state index in [1.165, 1.54) is 5.46 Å². The Bertz CT molecular complexity index is 172. The molecule has 0 N–H and O–H groups in total. The number of rotatable bonds is 1. The molecule has 0 spiro atoms. The zero-order valence-electron chi connectivity index (χ0n) is 5.54. The molecule has 0 amide bonds. The van der Waals surface area contributed by atoms with Gasteiger partial charge in [-0.3, -0.25) is 4.98 Å². The van der Waals surface area contributed by atoms with E-state index in [-0.39, 0.29) is 0 Å². The number of hydrogen-bond donors (Lipinski definition) is 0. The fourth-order valence-corrected chi connectivity index (χ4v) is 0.692. The summed E-state index contributed by atoms with van der Waals surface area (Å²) in [4.78, 5) is 3.90. The Morgan fingerprint density at radius 1 is 1.44 bits per heavy atom. The molecule has 0 unspecified atom stereocenters. The highest BCUT2D eigenvalue weighted by atomic mass is 14.6. The zero-order valence-corrected chi connectivity index (χ0v) is 5.54. The van der Waals surface area contributed by atoms with Gasteiger partial charge >= 0.3 is 0 Å². The van der Waals surface area contributed by atoms with E-state index in [0.29, 0.717) is 6.71 Å². The number of pyridine rings is 1. The molecule has 1 aromatic rings. The van der Waals surface area contributed by atoms with Crippen molar-refractivity contribution in [2.45, 2.75) is 6.82 Å². The quantitative estimate of drug-likeness (QED) is 0.392. The summed E-state index contributed by atoms with van der Waals surface area (Å²) in [7, 11) is 0. The van der Waals surface area contributed by atoms with Crippen molar-refractivity contribution in [2.75, 3.05) is 0 Å². The molecule has 1 rings (SSSR count). The predicted octanol–water partition coefficient (Wildman–Crippen LogP) is 0.786. The van der Waals surface area contributed by atoms with Crippen molar-refractivity contribution >= 4 is 12.2 Å². The molecule has 1 nitrogen and oxygen atoms in total. The highest BCUT2D eigenvalue weighted by molar-refractivity contribution is 6.73. The van der Waals surface area contributed by atoms with Crippen LogP contribution in [0.4, 0.5) is 0 Å². The Balaban J connectivity index is 2.85. The second kappa shape index (κ2) is 2.67. The van der Waals surface area contributed by atoms with E-state index in [1.54, 1.807) is 12.4 Å². The third-order valence-electron chi connectivity index (χ3n) is 1.28. The van der Waals surface area contributed by atoms with Gasteiger partial charge in [-0.05, 0) is 0 Å². The molecule has 0 atom stereocenters. The smallest absolute Gasteiger partial charge is 0.0261 e. The fraction of sp³-hybridized carbons (Fsp3) is 0.143. The summed E-state index contributed by atoms with van der Waals surface area (Å²) in [5, 5.41) is 0. The van der Waals surface area contributed by atoms with Crippen LogP contribution in [-0.4, -0.2) is 11.7 Å². The van der Waals surface area contributed by atoms with Gasteiger partial charge in [0.2, 0.25) is 0 Å². The highest BCUT2D eigenvalue weighted by Crippen LogP contribution is 1.81. The van der Waals surface area contributed by atoms with Crippen LogP contribution in [0.25, 0.3) is 0 Å². The van der Waals surface area contributed by atoms with E-state index in [1.807, 2.05) is 12.1 Å². The lowest BCUT2D eigenvalue weighted by molar-refractivity contribution is 1.34. The summed E-state index contributed by atoms with van der Waals surface area (Å²) in [5.74, 6) is 0. The van der Waals surface area contributed by atoms with Crippen LogP contribution in [0.5, 0.6) is 0 Å². The first-order chi connectivity index (χ1) is 4.30. The minimum absolute atomic E-state index is 0.369. The molecule has 0 aliphatic carbocycles. The molecule has 1 heterocycles. The maximum Gasteiger partial charge on any atom is 0.0261 e. The van der Waals surface area contributed by atoms with Gasteiger partial charge in [0.05, 0.1) is 0 Å². The first-order valence-electron chi connectivity index (χ1n) is 3.03. The lowest BCUT2D eigenvalue weighted by Crippen LogP contribution is -2.22. The number of hydrogen-bond acceptors (Lipinski definition) is 1. The third-order valence-corrected chi connectivity index (χ3v) is 1.28. The minimum atomic E-state index is 0.369. The summed E-state index contributed by atoms with van der Waals surface area (Å²) in [6, 6.07) is 3.97. The zero-order chi connectivity index (χ0) is 6.69. The second-order valence-electron chi connectivity index (χ2n) is 2.18. The lowest BCUT2D eigenvalue weighted by Gasteiger charge is -2.05. The highest BCUT2D eigenvalue weighted by Gasteiger charge is 1.90. The van der Waals surface area contributed by atoms with Gasteiger partial charge in [0.15, 0.2) is 0 Å². The van der Waals surface area contributed by atoms with Gasteiger partial charge < -0.3 is 6.82 Å². The minimum Gasteiger partial charge on any atom is -0.360 e. The van der Waals surface area contributed by atoms with Gasteiger partial charge in [-0.1, -0.05) is 12.1 Å². The SMILES string of the molecule is [CH2-]B(C)c1ccncc1. The molecular formula is C7H9BN-. The average Bonchev–Trinajstić information content (AvgIpc) is 1.90. The Labute approximate surface area is 56.2 Å². The summed E-state index contributed by atoms with van der Waals surface area (Å²) < 4.78 is 0. The van der Waals surface area contributed by atoms with E-state index in [2.05, 4.69) is 18.6 Å². The Morgan fingerprint density at radius 3 is 2.33 bits per heavy atom. The van der Waals surface area contributed by atoms with E-state index < -0.39 is 0 Å². The normalized spacial score (nSPS) is 9.11. The lowest BCUT2D eigenvalue weighted by atomic mass is 9.50. The Hall–Kier alpha value is -0.785. The molecule has 9 heavy (non-hydrogen) atoms. The van der Waals surface area contributed by atoms with Gasteiger partial charge in [0.25, 0.3) is 0 Å². The van der Waals surface area contributed by atoms with Crippen molar-refractivity contribution in [3.05, 3.63) is 31.3 Å². The molecule has 0 fully saturated rings. The average molecular weight is 118 g/mol. The standard InChI is InChI=1S/C7H9BN/c1-8(2)7-3-5-9-6-4-7/h3-6H,1H2,2H3/q-1. The monoisotopic (exact) mass is 118 g/mol. The van der Waals surface area contributed by atoms with E-state index >= 15 is 0 Å². The third kappa shape index (κ3) is 1.56. The van der Waals surface area contributed by atoms with Crippen LogP contribution >= 0.6 is 0 Å². The van der Waals surface area contributed by atoms with Crippen molar-refractivity contribution in [3.63, 3.8) is 0 Å². The van der Waals surface area contributed by atoms with Crippen LogP contribution in [0.3, 0.4) is 0 Å². The Kier molecular flexibility index (Phi) is 1.88. The van der Waals surface area contributed by atoms with Crippen LogP contribution in [-0.2, 0) is 0 Å². The molecule has 0 bridgehead atoms. The van der Waals surface area contributed by atoms with Crippen LogP contribution in [0.15, 0.2) is 24.5 Å². The van der Waals surface area contributed by atoms with Crippen LogP contribution in [0.2, 0.25) is 6.82 Å². The van der Waals surface area contributed by atoms with Gasteiger partial charge in [0.1, 0.15) is 0 Å². The van der Waals surface area contributed by atoms with E-state index in [0.717, 1.165) is 0 Å². The predicted molar refractivity (Wildman–Crippen MR) is 40.8 cm³/mol. The number of aromatic nitrogens is 1. The van der Waals surface area contributed by atoms with Crippen molar-refractivity contribution < 1.29 is 0 Å². The molecule has 0 aliphatic heterocycles. The second-order valence-corrected chi connectivity index (χ2v) is 2.18. The van der Waals surface area contributed by atoms with Gasteiger partial charge in [-0.25, -0.2) is 0 Å². The molecular weight excluding hydrogens is 109 g/mol. The van der Waals surface area contributed by atoms with Crippen molar-refractivity contribution in [1.29, 1.82) is 0 Å². The van der Waals surface area contributed by atoms with E-state index in [4.69, 9.17) is 0 Å². The number of nitrogens with zero attached hydrogens (tertiary/aromatic N) is 1. The first-order valence-corrected chi connectivity index (χ1v) is 3.03. The van der Waals surface area contributed by atoms with Crippen molar-refractivity contribution in [1.82, 2.24) is 4.98 Å². The summed E-state index contributed by atoms with van der Waals surface area (Å²) in [6.45, 7) is 6.31. The fourth-order valence-electron chi connectivity index (χ4n) is 0.692.